The Bertz CT molecular complexity index is 824. The Morgan fingerprint density at radius 1 is 1.11 bits per heavy atom. The quantitative estimate of drug-likeness (QED) is 0.847. The SMILES string of the molecule is CCN(Cc1ccc2c(c1)OCO2)C(=O)NCc1cccc(C(F)(F)F)c1. The van der Waals surface area contributed by atoms with Gasteiger partial charge in [-0.05, 0) is 42.3 Å². The minimum Gasteiger partial charge on any atom is -0.454 e. The Labute approximate surface area is 154 Å². The number of ether oxygens (including phenoxy) is 2. The molecule has 1 N–H and O–H groups in total. The lowest BCUT2D eigenvalue weighted by molar-refractivity contribution is -0.137. The molecule has 0 aromatic heterocycles. The van der Waals surface area contributed by atoms with Crippen molar-refractivity contribution < 1.29 is 27.4 Å². The zero-order chi connectivity index (χ0) is 19.4. The molecule has 27 heavy (non-hydrogen) atoms. The topological polar surface area (TPSA) is 50.8 Å². The second-order valence-electron chi connectivity index (χ2n) is 6.06. The summed E-state index contributed by atoms with van der Waals surface area (Å²) in [6.45, 7) is 2.81. The van der Waals surface area contributed by atoms with Gasteiger partial charge in [0.1, 0.15) is 0 Å². The van der Waals surface area contributed by atoms with Gasteiger partial charge in [0.25, 0.3) is 0 Å². The van der Waals surface area contributed by atoms with Gasteiger partial charge in [-0.15, -0.1) is 0 Å². The first-order chi connectivity index (χ1) is 12.9. The van der Waals surface area contributed by atoms with E-state index in [0.29, 0.717) is 30.2 Å². The monoisotopic (exact) mass is 380 g/mol. The number of nitrogens with one attached hydrogen (secondary N) is 1. The highest BCUT2D eigenvalue weighted by Crippen LogP contribution is 2.33. The number of carbonyl (C=O) groups excluding carboxylic acids is 1. The first-order valence-electron chi connectivity index (χ1n) is 8.44. The highest BCUT2D eigenvalue weighted by atomic mass is 19.4. The summed E-state index contributed by atoms with van der Waals surface area (Å²) in [5.41, 5.74) is 0.523. The van der Waals surface area contributed by atoms with E-state index in [-0.39, 0.29) is 19.4 Å². The van der Waals surface area contributed by atoms with Crippen LogP contribution in [0.15, 0.2) is 42.5 Å². The number of hydrogen-bond acceptors (Lipinski definition) is 3. The molecule has 0 fully saturated rings. The molecule has 1 aliphatic rings. The van der Waals surface area contributed by atoms with Gasteiger partial charge in [-0.2, -0.15) is 13.2 Å². The van der Waals surface area contributed by atoms with Gasteiger partial charge in [0.05, 0.1) is 5.56 Å². The van der Waals surface area contributed by atoms with Crippen molar-refractivity contribution in [3.63, 3.8) is 0 Å². The van der Waals surface area contributed by atoms with Gasteiger partial charge < -0.3 is 19.7 Å². The third kappa shape index (κ3) is 4.64. The molecule has 144 valence electrons. The van der Waals surface area contributed by atoms with E-state index in [1.54, 1.807) is 17.0 Å². The molecule has 1 aliphatic heterocycles. The number of benzene rings is 2. The Morgan fingerprint density at radius 2 is 1.89 bits per heavy atom. The Hall–Kier alpha value is -2.90. The molecule has 0 atom stereocenters. The van der Waals surface area contributed by atoms with Crippen molar-refractivity contribution in [1.29, 1.82) is 0 Å². The summed E-state index contributed by atoms with van der Waals surface area (Å²) in [6.07, 6.45) is -4.41. The van der Waals surface area contributed by atoms with Crippen molar-refractivity contribution in [2.24, 2.45) is 0 Å². The van der Waals surface area contributed by atoms with Crippen molar-refractivity contribution in [1.82, 2.24) is 10.2 Å². The summed E-state index contributed by atoms with van der Waals surface area (Å²) in [6, 6.07) is 10.00. The fourth-order valence-corrected chi connectivity index (χ4v) is 2.73. The van der Waals surface area contributed by atoms with Gasteiger partial charge in [-0.25, -0.2) is 4.79 Å². The highest BCUT2D eigenvalue weighted by molar-refractivity contribution is 5.74. The second-order valence-corrected chi connectivity index (χ2v) is 6.06. The van der Waals surface area contributed by atoms with E-state index in [2.05, 4.69) is 5.32 Å². The van der Waals surface area contributed by atoms with Crippen LogP contribution in [-0.4, -0.2) is 24.3 Å². The van der Waals surface area contributed by atoms with Gasteiger partial charge in [0, 0.05) is 19.6 Å². The van der Waals surface area contributed by atoms with Gasteiger partial charge in [-0.3, -0.25) is 0 Å². The van der Waals surface area contributed by atoms with Gasteiger partial charge in [-0.1, -0.05) is 18.2 Å². The number of alkyl halides is 3. The number of fused-ring (bicyclic) bond motifs is 1. The molecule has 2 aromatic rings. The van der Waals surface area contributed by atoms with Crippen LogP contribution < -0.4 is 14.8 Å². The summed E-state index contributed by atoms with van der Waals surface area (Å²) in [7, 11) is 0. The van der Waals surface area contributed by atoms with Gasteiger partial charge in [0.15, 0.2) is 11.5 Å². The maximum absolute atomic E-state index is 12.8. The number of amides is 2. The number of urea groups is 1. The van der Waals surface area contributed by atoms with Crippen LogP contribution in [0, 0.1) is 0 Å². The van der Waals surface area contributed by atoms with Crippen LogP contribution in [0.5, 0.6) is 11.5 Å². The number of rotatable bonds is 5. The lowest BCUT2D eigenvalue weighted by Crippen LogP contribution is -2.39. The van der Waals surface area contributed by atoms with Crippen LogP contribution in [0.3, 0.4) is 0 Å². The predicted molar refractivity (Wildman–Crippen MR) is 92.3 cm³/mol. The maximum Gasteiger partial charge on any atom is 0.416 e. The lowest BCUT2D eigenvalue weighted by atomic mass is 10.1. The van der Waals surface area contributed by atoms with Crippen molar-refractivity contribution in [2.75, 3.05) is 13.3 Å². The molecule has 0 spiro atoms. The van der Waals surface area contributed by atoms with Crippen LogP contribution in [0.1, 0.15) is 23.6 Å². The molecule has 2 aromatic carbocycles. The molecule has 3 rings (SSSR count). The van der Waals surface area contributed by atoms with Crippen LogP contribution in [0.2, 0.25) is 0 Å². The highest BCUT2D eigenvalue weighted by Gasteiger charge is 2.30. The van der Waals surface area contributed by atoms with E-state index in [1.807, 2.05) is 19.1 Å². The Morgan fingerprint density at radius 3 is 2.63 bits per heavy atom. The molecular weight excluding hydrogens is 361 g/mol. The third-order valence-electron chi connectivity index (χ3n) is 4.18. The second kappa shape index (κ2) is 7.77. The zero-order valence-corrected chi connectivity index (χ0v) is 14.7. The van der Waals surface area contributed by atoms with Crippen LogP contribution in [0.25, 0.3) is 0 Å². The fraction of sp³-hybridized carbons (Fsp3) is 0.316. The number of carbonyl (C=O) groups is 1. The van der Waals surface area contributed by atoms with Crippen LogP contribution >= 0.6 is 0 Å². The van der Waals surface area contributed by atoms with Crippen molar-refractivity contribution in [3.8, 4) is 11.5 Å². The molecule has 1 heterocycles. The van der Waals surface area contributed by atoms with Crippen LogP contribution in [-0.2, 0) is 19.3 Å². The van der Waals surface area contributed by atoms with Crippen molar-refractivity contribution >= 4 is 6.03 Å². The molecule has 0 bridgehead atoms. The van der Waals surface area contributed by atoms with E-state index in [0.717, 1.165) is 17.7 Å². The summed E-state index contributed by atoms with van der Waals surface area (Å²) in [5, 5.41) is 2.66. The third-order valence-corrected chi connectivity index (χ3v) is 4.18. The first kappa shape index (κ1) is 18.9. The summed E-state index contributed by atoms with van der Waals surface area (Å²) in [5.74, 6) is 1.30. The number of hydrogen-bond donors (Lipinski definition) is 1. The minimum atomic E-state index is -4.41. The molecule has 2 amide bonds. The van der Waals surface area contributed by atoms with E-state index in [4.69, 9.17) is 9.47 Å². The Kier molecular flexibility index (Phi) is 5.43. The molecule has 0 unspecified atom stereocenters. The summed E-state index contributed by atoms with van der Waals surface area (Å²) in [4.78, 5) is 14.0. The Balaban J connectivity index is 1.60. The van der Waals surface area contributed by atoms with E-state index >= 15 is 0 Å². The molecule has 0 saturated carbocycles. The lowest BCUT2D eigenvalue weighted by Gasteiger charge is -2.22. The predicted octanol–water partition coefficient (Wildman–Crippen LogP) is 4.17. The van der Waals surface area contributed by atoms with Gasteiger partial charge in [0.2, 0.25) is 6.79 Å². The van der Waals surface area contributed by atoms with E-state index < -0.39 is 11.7 Å². The first-order valence-corrected chi connectivity index (χ1v) is 8.44. The van der Waals surface area contributed by atoms with E-state index in [1.165, 1.54) is 6.07 Å². The molecule has 0 radical (unpaired) electrons. The molecule has 5 nitrogen and oxygen atoms in total. The molecular formula is C19H19F3N2O3. The molecule has 0 saturated heterocycles. The van der Waals surface area contributed by atoms with Gasteiger partial charge >= 0.3 is 12.2 Å². The summed E-state index contributed by atoms with van der Waals surface area (Å²) < 4.78 is 48.9. The number of nitrogens with zero attached hydrogens (tertiary/aromatic N) is 1. The van der Waals surface area contributed by atoms with Crippen LogP contribution in [0.4, 0.5) is 18.0 Å². The largest absolute Gasteiger partial charge is 0.454 e. The minimum absolute atomic E-state index is 0.0143. The molecule has 0 aliphatic carbocycles. The zero-order valence-electron chi connectivity index (χ0n) is 14.7. The molecule has 8 heteroatoms. The fourth-order valence-electron chi connectivity index (χ4n) is 2.73. The smallest absolute Gasteiger partial charge is 0.416 e. The van der Waals surface area contributed by atoms with Crippen molar-refractivity contribution in [2.45, 2.75) is 26.2 Å². The summed E-state index contributed by atoms with van der Waals surface area (Å²) >= 11 is 0. The average molecular weight is 380 g/mol. The van der Waals surface area contributed by atoms with E-state index in [9.17, 15) is 18.0 Å². The normalized spacial score (nSPS) is 12.7. The standard InChI is InChI=1S/C19H19F3N2O3/c1-2-24(11-14-6-7-16-17(9-14)27-12-26-16)18(25)23-10-13-4-3-5-15(8-13)19(20,21)22/h3-9H,2,10-12H2,1H3,(H,23,25). The number of halogens is 3. The maximum atomic E-state index is 12.8. The van der Waals surface area contributed by atoms with Crippen molar-refractivity contribution in [3.05, 3.63) is 59.2 Å². The average Bonchev–Trinajstić information content (AvgIpc) is 3.11.